The molecule has 0 aliphatic carbocycles. The van der Waals surface area contributed by atoms with Crippen LogP contribution in [-0.2, 0) is 45.3 Å². The van der Waals surface area contributed by atoms with E-state index in [-0.39, 0.29) is 17.3 Å². The number of carbonyl (C=O) groups is 3. The van der Waals surface area contributed by atoms with Gasteiger partial charge in [-0.05, 0) is 39.0 Å². The first-order valence-electron chi connectivity index (χ1n) is 16.5. The average Bonchev–Trinajstić information content (AvgIpc) is 3.81. The third-order valence-corrected chi connectivity index (χ3v) is 7.47. The zero-order valence-electron chi connectivity index (χ0n) is 30.7. The Morgan fingerprint density at radius 2 is 0.774 bits per heavy atom. The summed E-state index contributed by atoms with van der Waals surface area (Å²) in [7, 11) is 0.426. The first-order chi connectivity index (χ1) is 24.9. The van der Waals surface area contributed by atoms with E-state index in [1.807, 2.05) is 198 Å². The molecule has 0 aliphatic heterocycles. The predicted molar refractivity (Wildman–Crippen MR) is 191 cm³/mol. The molecule has 0 unspecified atom stereocenters. The number of ketones is 3. The fourth-order valence-corrected chi connectivity index (χ4v) is 5.01. The second-order valence-electron chi connectivity index (χ2n) is 12.6. The molecule has 0 saturated heterocycles. The number of aryl methyl sites for hydroxylation is 6. The Balaban J connectivity index is 0.000000201. The van der Waals surface area contributed by atoms with Crippen LogP contribution >= 0.6 is 7.82 Å². The SMILES string of the molecule is Cc1cccc(C(=O)Cn2cc[n+](C)c2)c1.Cc1cccc(C(=O)Cn2cc[n+](C)c2)c1.Cc1cccc(C(=O)Cn2cc[n+](C)c2)c1.O=P([O-])([O-])[O-]. The van der Waals surface area contributed by atoms with Gasteiger partial charge in [0.15, 0.2) is 19.6 Å². The third kappa shape index (κ3) is 16.1. The number of nitrogens with zero attached hydrogens (tertiary/aromatic N) is 6. The van der Waals surface area contributed by atoms with Gasteiger partial charge in [-0.1, -0.05) is 71.3 Å². The van der Waals surface area contributed by atoms with Gasteiger partial charge in [-0.3, -0.25) is 14.4 Å². The Labute approximate surface area is 309 Å². The molecule has 13 nitrogen and oxygen atoms in total. The van der Waals surface area contributed by atoms with E-state index in [0.717, 1.165) is 33.4 Å². The van der Waals surface area contributed by atoms with E-state index < -0.39 is 7.82 Å². The summed E-state index contributed by atoms with van der Waals surface area (Å²) in [5.41, 5.74) is 5.67. The highest BCUT2D eigenvalue weighted by Crippen LogP contribution is 2.08. The predicted octanol–water partition coefficient (Wildman–Crippen LogP) is 1.69. The van der Waals surface area contributed by atoms with E-state index in [4.69, 9.17) is 19.2 Å². The molecule has 0 fully saturated rings. The smallest absolute Gasteiger partial charge is 0.243 e. The van der Waals surface area contributed by atoms with Crippen molar-refractivity contribution in [2.45, 2.75) is 40.4 Å². The normalized spacial score (nSPS) is 10.5. The second-order valence-corrected chi connectivity index (χ2v) is 13.5. The molecule has 14 heteroatoms. The van der Waals surface area contributed by atoms with E-state index in [1.54, 1.807) is 0 Å². The van der Waals surface area contributed by atoms with Gasteiger partial charge in [0.2, 0.25) is 36.3 Å². The van der Waals surface area contributed by atoms with E-state index >= 15 is 0 Å². The molecule has 3 aromatic carbocycles. The minimum Gasteiger partial charge on any atom is -0.822 e. The van der Waals surface area contributed by atoms with Crippen molar-refractivity contribution in [2.24, 2.45) is 21.1 Å². The first kappa shape index (κ1) is 41.8. The second kappa shape index (κ2) is 19.9. The summed E-state index contributed by atoms with van der Waals surface area (Å²) in [6.07, 6.45) is 17.1. The summed E-state index contributed by atoms with van der Waals surface area (Å²) in [6, 6.07) is 23.1. The zero-order valence-corrected chi connectivity index (χ0v) is 31.6. The number of rotatable bonds is 9. The summed E-state index contributed by atoms with van der Waals surface area (Å²) < 4.78 is 19.9. The molecule has 278 valence electrons. The molecular formula is C39H45N6O7P. The number of benzene rings is 3. The van der Waals surface area contributed by atoms with Crippen LogP contribution in [0.5, 0.6) is 0 Å². The van der Waals surface area contributed by atoms with Crippen LogP contribution in [0.25, 0.3) is 0 Å². The maximum atomic E-state index is 11.9. The highest BCUT2D eigenvalue weighted by atomic mass is 31.2. The van der Waals surface area contributed by atoms with Gasteiger partial charge in [0.25, 0.3) is 0 Å². The third-order valence-electron chi connectivity index (χ3n) is 7.47. The van der Waals surface area contributed by atoms with Crippen LogP contribution in [0, 0.1) is 20.8 Å². The fraction of sp³-hybridized carbons (Fsp3) is 0.231. The van der Waals surface area contributed by atoms with Gasteiger partial charge in [0.1, 0.15) is 37.2 Å². The van der Waals surface area contributed by atoms with E-state index in [9.17, 15) is 14.4 Å². The topological polar surface area (TPSA) is 164 Å². The lowest BCUT2D eigenvalue weighted by Gasteiger charge is -2.36. The Hall–Kier alpha value is -5.59. The van der Waals surface area contributed by atoms with Gasteiger partial charge in [-0.25, -0.2) is 27.4 Å². The highest BCUT2D eigenvalue weighted by Gasteiger charge is 2.12. The average molecular weight is 741 g/mol. The van der Waals surface area contributed by atoms with Crippen LogP contribution in [0.3, 0.4) is 0 Å². The van der Waals surface area contributed by atoms with Crippen molar-refractivity contribution in [1.82, 2.24) is 13.7 Å². The van der Waals surface area contributed by atoms with Crippen LogP contribution in [0.1, 0.15) is 47.8 Å². The van der Waals surface area contributed by atoms with Gasteiger partial charge in [0.05, 0.1) is 21.1 Å². The number of phosphoric acid groups is 1. The van der Waals surface area contributed by atoms with Crippen molar-refractivity contribution in [3.63, 3.8) is 0 Å². The molecule has 0 radical (unpaired) electrons. The zero-order chi connectivity index (χ0) is 39.1. The minimum atomic E-state index is -5.39. The van der Waals surface area contributed by atoms with Crippen LogP contribution in [0.4, 0.5) is 0 Å². The fourth-order valence-electron chi connectivity index (χ4n) is 5.01. The Morgan fingerprint density at radius 1 is 0.528 bits per heavy atom. The van der Waals surface area contributed by atoms with Gasteiger partial charge >= 0.3 is 0 Å². The molecular weight excluding hydrogens is 695 g/mol. The van der Waals surface area contributed by atoms with Crippen molar-refractivity contribution in [2.75, 3.05) is 0 Å². The van der Waals surface area contributed by atoms with Gasteiger partial charge < -0.3 is 19.2 Å². The van der Waals surface area contributed by atoms with Gasteiger partial charge in [-0.2, -0.15) is 7.82 Å². The van der Waals surface area contributed by atoms with Crippen LogP contribution in [0.15, 0.2) is 129 Å². The van der Waals surface area contributed by atoms with E-state index in [2.05, 4.69) is 0 Å². The molecule has 0 saturated carbocycles. The number of aromatic nitrogens is 6. The molecule has 3 heterocycles. The monoisotopic (exact) mass is 740 g/mol. The maximum Gasteiger partial charge on any atom is 0.243 e. The van der Waals surface area contributed by atoms with Crippen molar-refractivity contribution in [3.05, 3.63) is 162 Å². The lowest BCUT2D eigenvalue weighted by molar-refractivity contribution is -0.671. The van der Waals surface area contributed by atoms with Crippen LogP contribution in [-0.4, -0.2) is 31.1 Å². The largest absolute Gasteiger partial charge is 0.822 e. The molecule has 0 amide bonds. The van der Waals surface area contributed by atoms with Gasteiger partial charge in [-0.15, -0.1) is 0 Å². The first-order valence-corrected chi connectivity index (χ1v) is 18.0. The molecule has 6 aromatic rings. The van der Waals surface area contributed by atoms with E-state index in [1.165, 1.54) is 0 Å². The number of hydrogen-bond acceptors (Lipinski definition) is 7. The Morgan fingerprint density at radius 3 is 0.962 bits per heavy atom. The van der Waals surface area contributed by atoms with Crippen molar-refractivity contribution in [3.8, 4) is 0 Å². The van der Waals surface area contributed by atoms with Crippen molar-refractivity contribution in [1.29, 1.82) is 0 Å². The standard InChI is InChI=1S/3C13H15N2O.H3O4P/c3*1-11-4-3-5-12(8-11)13(16)9-15-7-6-14(2)10-15;1-5(2,3)4/h3*3-8,10H,9H2,1-2H3;(H3,1,2,3,4)/q3*+1;/p-3. The van der Waals surface area contributed by atoms with Gasteiger partial charge in [0, 0.05) is 16.7 Å². The summed E-state index contributed by atoms with van der Waals surface area (Å²) in [5, 5.41) is 0. The molecule has 53 heavy (non-hydrogen) atoms. The van der Waals surface area contributed by atoms with Crippen molar-refractivity contribution >= 4 is 25.2 Å². The summed E-state index contributed by atoms with van der Waals surface area (Å²) in [6.45, 7) is 7.16. The van der Waals surface area contributed by atoms with Crippen LogP contribution in [0.2, 0.25) is 0 Å². The molecule has 0 bridgehead atoms. The van der Waals surface area contributed by atoms with E-state index in [0.29, 0.717) is 19.6 Å². The Kier molecular flexibility index (Phi) is 15.7. The summed E-state index contributed by atoms with van der Waals surface area (Å²) in [5.74, 6) is 0.416. The molecule has 0 aliphatic rings. The molecule has 3 aromatic heterocycles. The summed E-state index contributed by atoms with van der Waals surface area (Å²) in [4.78, 5) is 61.5. The number of Topliss-reactive ketones (excluding diaryl/α,β-unsaturated/α-hetero) is 3. The number of imidazole rings is 3. The number of hydrogen-bond donors (Lipinski definition) is 0. The molecule has 0 atom stereocenters. The highest BCUT2D eigenvalue weighted by molar-refractivity contribution is 7.40. The quantitative estimate of drug-likeness (QED) is 0.124. The summed E-state index contributed by atoms with van der Waals surface area (Å²) >= 11 is 0. The molecule has 0 N–H and O–H groups in total. The number of carbonyl (C=O) groups excluding carboxylic acids is 3. The Bertz CT molecular complexity index is 1940. The van der Waals surface area contributed by atoms with Crippen LogP contribution < -0.4 is 28.4 Å². The molecule has 0 spiro atoms. The van der Waals surface area contributed by atoms with Crippen molar-refractivity contribution < 1.29 is 47.3 Å². The lowest BCUT2D eigenvalue weighted by Crippen LogP contribution is -2.24. The lowest BCUT2D eigenvalue weighted by atomic mass is 10.1. The minimum absolute atomic E-state index is 0.139. The maximum absolute atomic E-state index is 11.9. The molecule has 6 rings (SSSR count).